The molecule has 2 heterocycles. The molecule has 0 fully saturated rings. The van der Waals surface area contributed by atoms with E-state index in [-0.39, 0.29) is 5.78 Å². The van der Waals surface area contributed by atoms with Gasteiger partial charge < -0.3 is 0 Å². The van der Waals surface area contributed by atoms with Crippen LogP contribution in [0.15, 0.2) is 65.7 Å². The van der Waals surface area contributed by atoms with Crippen molar-refractivity contribution in [2.75, 3.05) is 0 Å². The Bertz CT molecular complexity index is 690. The summed E-state index contributed by atoms with van der Waals surface area (Å²) in [6.45, 7) is 0. The normalized spacial score (nSPS) is 10.3. The number of pyridine rings is 1. The van der Waals surface area contributed by atoms with Gasteiger partial charge in [0, 0.05) is 0 Å². The van der Waals surface area contributed by atoms with E-state index < -0.39 is 0 Å². The maximum atomic E-state index is 12.5. The molecule has 3 rings (SSSR count). The topological polar surface area (TPSA) is 30.0 Å². The van der Waals surface area contributed by atoms with Crippen molar-refractivity contribution in [2.24, 2.45) is 0 Å². The van der Waals surface area contributed by atoms with Gasteiger partial charge in [0.1, 0.15) is 0 Å². The Balaban J connectivity index is 2.09. The molecule has 19 heavy (non-hydrogen) atoms. The van der Waals surface area contributed by atoms with Crippen molar-refractivity contribution < 1.29 is 4.79 Å². The van der Waals surface area contributed by atoms with Gasteiger partial charge in [0.15, 0.2) is 0 Å². The number of carbonyl (C=O) groups is 1. The number of carbonyl (C=O) groups excluding carboxylic acids is 1. The Morgan fingerprint density at radius 3 is 2.53 bits per heavy atom. The van der Waals surface area contributed by atoms with Gasteiger partial charge in [0.05, 0.1) is 0 Å². The molecule has 0 atom stereocenters. The van der Waals surface area contributed by atoms with Gasteiger partial charge in [-0.05, 0) is 0 Å². The molecule has 2 aromatic heterocycles. The number of ketones is 1. The second-order valence-electron chi connectivity index (χ2n) is 4.07. The average molecular weight is 312 g/mol. The van der Waals surface area contributed by atoms with E-state index >= 15 is 0 Å². The first-order valence-electron chi connectivity index (χ1n) is 5.95. The summed E-state index contributed by atoms with van der Waals surface area (Å²) < 4.78 is 1.24. The van der Waals surface area contributed by atoms with Crippen LogP contribution in [0, 0.1) is 0 Å². The average Bonchev–Trinajstić information content (AvgIpc) is 3.01. The van der Waals surface area contributed by atoms with E-state index in [0.717, 1.165) is 11.1 Å². The van der Waals surface area contributed by atoms with Crippen molar-refractivity contribution >= 4 is 20.3 Å². The second kappa shape index (κ2) is 5.35. The van der Waals surface area contributed by atoms with Crippen molar-refractivity contribution in [2.45, 2.75) is 0 Å². The summed E-state index contributed by atoms with van der Waals surface area (Å²) in [5, 5.41) is 0. The van der Waals surface area contributed by atoms with E-state index in [2.05, 4.69) is 22.1 Å². The molecule has 0 radical (unpaired) electrons. The molecule has 0 saturated heterocycles. The summed E-state index contributed by atoms with van der Waals surface area (Å²) in [5.74, 6) is -0.0141. The molecule has 0 amide bonds. The number of nitrogens with zero attached hydrogens (tertiary/aromatic N) is 1. The SMILES string of the molecule is O=C(c1ccccn1)c1ccccc1-c1ccc[se]1. The molecule has 0 unspecified atom stereocenters. The van der Waals surface area contributed by atoms with E-state index in [1.165, 1.54) is 4.44 Å². The fourth-order valence-electron chi connectivity index (χ4n) is 1.96. The zero-order valence-electron chi connectivity index (χ0n) is 10.1. The minimum absolute atomic E-state index is 0.0141. The van der Waals surface area contributed by atoms with Crippen LogP contribution in [0.4, 0.5) is 0 Å². The molecule has 0 spiro atoms. The monoisotopic (exact) mass is 313 g/mol. The Morgan fingerprint density at radius 1 is 0.947 bits per heavy atom. The van der Waals surface area contributed by atoms with E-state index in [1.54, 1.807) is 12.3 Å². The van der Waals surface area contributed by atoms with Gasteiger partial charge in [-0.25, -0.2) is 0 Å². The molecular weight excluding hydrogens is 301 g/mol. The van der Waals surface area contributed by atoms with Gasteiger partial charge in [-0.15, -0.1) is 0 Å². The zero-order chi connectivity index (χ0) is 13.1. The third kappa shape index (κ3) is 2.43. The van der Waals surface area contributed by atoms with Crippen molar-refractivity contribution in [3.63, 3.8) is 0 Å². The number of hydrogen-bond acceptors (Lipinski definition) is 2. The summed E-state index contributed by atoms with van der Waals surface area (Å²) in [7, 11) is 0. The second-order valence-corrected chi connectivity index (χ2v) is 6.06. The molecular formula is C16H11NOSe. The molecule has 0 aliphatic carbocycles. The summed E-state index contributed by atoms with van der Waals surface area (Å²) >= 11 is 0.320. The van der Waals surface area contributed by atoms with Crippen LogP contribution in [-0.2, 0) is 0 Å². The van der Waals surface area contributed by atoms with Crippen molar-refractivity contribution in [3.8, 4) is 10.0 Å². The van der Waals surface area contributed by atoms with Crippen LogP contribution < -0.4 is 0 Å². The molecule has 0 N–H and O–H groups in total. The third-order valence-electron chi connectivity index (χ3n) is 2.86. The molecule has 3 heteroatoms. The number of rotatable bonds is 3. The summed E-state index contributed by atoms with van der Waals surface area (Å²) in [4.78, 5) is 18.8. The van der Waals surface area contributed by atoms with Crippen LogP contribution in [-0.4, -0.2) is 25.3 Å². The Labute approximate surface area is 117 Å². The standard InChI is InChI=1S/C16H11NOSe/c18-16(14-8-3-4-10-17-14)13-7-2-1-6-12(13)15-9-5-11-19-15/h1-11H. The van der Waals surface area contributed by atoms with Crippen LogP contribution in [0.5, 0.6) is 0 Å². The molecule has 2 nitrogen and oxygen atoms in total. The van der Waals surface area contributed by atoms with Crippen LogP contribution in [0.25, 0.3) is 10.0 Å². The number of aromatic nitrogens is 1. The van der Waals surface area contributed by atoms with E-state index in [9.17, 15) is 4.79 Å². The molecule has 0 aliphatic rings. The Hall–Kier alpha value is -1.96. The van der Waals surface area contributed by atoms with Gasteiger partial charge >= 0.3 is 117 Å². The van der Waals surface area contributed by atoms with E-state index in [0.29, 0.717) is 20.2 Å². The molecule has 0 bridgehead atoms. The predicted molar refractivity (Wildman–Crippen MR) is 76.5 cm³/mol. The first-order chi connectivity index (χ1) is 9.36. The van der Waals surface area contributed by atoms with Gasteiger partial charge in [0.25, 0.3) is 0 Å². The molecule has 1 aromatic carbocycles. The van der Waals surface area contributed by atoms with Crippen LogP contribution in [0.1, 0.15) is 16.1 Å². The molecule has 0 aliphatic heterocycles. The summed E-state index contributed by atoms with van der Waals surface area (Å²) in [5.41, 5.74) is 2.26. The third-order valence-corrected chi connectivity index (χ3v) is 4.75. The van der Waals surface area contributed by atoms with Crippen molar-refractivity contribution in [1.29, 1.82) is 0 Å². The van der Waals surface area contributed by atoms with Crippen molar-refractivity contribution in [1.82, 2.24) is 4.98 Å². The van der Waals surface area contributed by atoms with Gasteiger partial charge in [-0.1, -0.05) is 0 Å². The number of benzene rings is 1. The predicted octanol–water partition coefficient (Wildman–Crippen LogP) is 3.04. The first-order valence-corrected chi connectivity index (χ1v) is 7.79. The summed E-state index contributed by atoms with van der Waals surface area (Å²) in [6, 6.07) is 17.3. The number of hydrogen-bond donors (Lipinski definition) is 0. The quantitative estimate of drug-likeness (QED) is 0.550. The van der Waals surface area contributed by atoms with E-state index in [4.69, 9.17) is 0 Å². The van der Waals surface area contributed by atoms with Crippen LogP contribution >= 0.6 is 0 Å². The van der Waals surface area contributed by atoms with Gasteiger partial charge in [-0.3, -0.25) is 0 Å². The zero-order valence-corrected chi connectivity index (χ0v) is 11.8. The van der Waals surface area contributed by atoms with Crippen LogP contribution in [0.2, 0.25) is 0 Å². The molecule has 92 valence electrons. The molecule has 3 aromatic rings. The molecule has 0 saturated carbocycles. The maximum absolute atomic E-state index is 12.5. The first kappa shape index (κ1) is 12.1. The Morgan fingerprint density at radius 2 is 1.79 bits per heavy atom. The van der Waals surface area contributed by atoms with Crippen LogP contribution in [0.3, 0.4) is 0 Å². The van der Waals surface area contributed by atoms with E-state index in [1.807, 2.05) is 36.4 Å². The van der Waals surface area contributed by atoms with Crippen molar-refractivity contribution in [3.05, 3.63) is 77.0 Å². The Kier molecular flexibility index (Phi) is 3.41. The minimum atomic E-state index is -0.0141. The van der Waals surface area contributed by atoms with Gasteiger partial charge in [-0.2, -0.15) is 0 Å². The fraction of sp³-hybridized carbons (Fsp3) is 0. The fourth-order valence-corrected chi connectivity index (χ4v) is 3.57. The summed E-state index contributed by atoms with van der Waals surface area (Å²) in [6.07, 6.45) is 1.65. The van der Waals surface area contributed by atoms with Gasteiger partial charge in [0.2, 0.25) is 0 Å².